The Morgan fingerprint density at radius 3 is 2.34 bits per heavy atom. The minimum atomic E-state index is 0.0302. The van der Waals surface area contributed by atoms with Crippen molar-refractivity contribution in [1.82, 2.24) is 19.8 Å². The Hall–Kier alpha value is -2.86. The number of aromatic nitrogens is 2. The number of aryl methyl sites for hydroxylation is 1. The van der Waals surface area contributed by atoms with E-state index in [0.29, 0.717) is 0 Å². The Morgan fingerprint density at radius 2 is 1.75 bits per heavy atom. The quantitative estimate of drug-likeness (QED) is 0.496. The Bertz CT molecular complexity index is 1070. The van der Waals surface area contributed by atoms with E-state index < -0.39 is 0 Å². The predicted molar refractivity (Wildman–Crippen MR) is 137 cm³/mol. The van der Waals surface area contributed by atoms with Gasteiger partial charge in [0, 0.05) is 48.6 Å². The lowest BCUT2D eigenvalue weighted by Crippen LogP contribution is -2.29. The van der Waals surface area contributed by atoms with Crippen molar-refractivity contribution in [3.63, 3.8) is 0 Å². The summed E-state index contributed by atoms with van der Waals surface area (Å²) in [6.45, 7) is 13.8. The molecule has 1 N–H and O–H groups in total. The molecule has 3 aromatic rings. The van der Waals surface area contributed by atoms with Gasteiger partial charge in [-0.15, -0.1) is 0 Å². The van der Waals surface area contributed by atoms with Gasteiger partial charge in [0.25, 0.3) is 0 Å². The molecule has 0 spiro atoms. The minimum absolute atomic E-state index is 0.0302. The first-order chi connectivity index (χ1) is 15.5. The Morgan fingerprint density at radius 1 is 1.03 bits per heavy atom. The second-order valence-corrected chi connectivity index (χ2v) is 8.65. The van der Waals surface area contributed by atoms with Crippen LogP contribution in [0.15, 0.2) is 54.7 Å². The minimum Gasteiger partial charge on any atom is -0.372 e. The normalized spacial score (nSPS) is 18.2. The predicted octanol–water partition coefficient (Wildman–Crippen LogP) is 5.33. The summed E-state index contributed by atoms with van der Waals surface area (Å²) >= 11 is 5.71. The Kier molecular flexibility index (Phi) is 6.51. The average molecular weight is 448 g/mol. The van der Waals surface area contributed by atoms with Gasteiger partial charge in [0.2, 0.25) is 0 Å². The highest BCUT2D eigenvalue weighted by Gasteiger charge is 2.40. The van der Waals surface area contributed by atoms with Crippen molar-refractivity contribution in [2.75, 3.05) is 24.5 Å². The van der Waals surface area contributed by atoms with Gasteiger partial charge < -0.3 is 19.7 Å². The average Bonchev–Trinajstić information content (AvgIpc) is 3.30. The molecular weight excluding hydrogens is 414 g/mol. The molecule has 2 aromatic heterocycles. The van der Waals surface area contributed by atoms with Crippen LogP contribution >= 0.6 is 12.2 Å². The van der Waals surface area contributed by atoms with E-state index in [1.54, 1.807) is 0 Å². The third-order valence-corrected chi connectivity index (χ3v) is 6.92. The largest absolute Gasteiger partial charge is 0.372 e. The number of hydrogen-bond donors (Lipinski definition) is 1. The van der Waals surface area contributed by atoms with E-state index in [0.717, 1.165) is 30.4 Å². The molecule has 1 aliphatic rings. The lowest BCUT2D eigenvalue weighted by atomic mass is 9.97. The fourth-order valence-corrected chi connectivity index (χ4v) is 5.34. The van der Waals surface area contributed by atoms with E-state index in [-0.39, 0.29) is 12.1 Å². The molecule has 1 aliphatic heterocycles. The summed E-state index contributed by atoms with van der Waals surface area (Å²) in [6, 6.07) is 17.4. The molecular formula is C26H33N5S. The van der Waals surface area contributed by atoms with Crippen molar-refractivity contribution >= 4 is 23.0 Å². The second-order valence-electron chi connectivity index (χ2n) is 8.26. The first-order valence-corrected chi connectivity index (χ1v) is 11.9. The number of nitrogens with zero attached hydrogens (tertiary/aromatic N) is 4. The summed E-state index contributed by atoms with van der Waals surface area (Å²) in [5.74, 6) is 0. The molecule has 1 fully saturated rings. The van der Waals surface area contributed by atoms with E-state index >= 15 is 0 Å². The van der Waals surface area contributed by atoms with Crippen LogP contribution < -0.4 is 10.2 Å². The zero-order valence-electron chi connectivity index (χ0n) is 19.7. The second kappa shape index (κ2) is 9.33. The van der Waals surface area contributed by atoms with Crippen LogP contribution in [-0.4, -0.2) is 39.2 Å². The van der Waals surface area contributed by atoms with Gasteiger partial charge in [-0.25, -0.2) is 0 Å². The topological polar surface area (TPSA) is 36.3 Å². The molecule has 0 aliphatic carbocycles. The van der Waals surface area contributed by atoms with Gasteiger partial charge in [-0.05, 0) is 94.9 Å². The van der Waals surface area contributed by atoms with Gasteiger partial charge >= 0.3 is 0 Å². The van der Waals surface area contributed by atoms with Crippen molar-refractivity contribution < 1.29 is 0 Å². The number of pyridine rings is 1. The van der Waals surface area contributed by atoms with Crippen LogP contribution in [0.1, 0.15) is 55.5 Å². The lowest BCUT2D eigenvalue weighted by molar-refractivity contribution is 0.329. The van der Waals surface area contributed by atoms with Crippen LogP contribution in [0.4, 0.5) is 5.69 Å². The number of hydrogen-bond acceptors (Lipinski definition) is 3. The molecule has 0 saturated carbocycles. The Labute approximate surface area is 197 Å². The van der Waals surface area contributed by atoms with Crippen LogP contribution in [-0.2, 0) is 0 Å². The molecule has 0 amide bonds. The fraction of sp³-hybridized carbons (Fsp3) is 0.385. The summed E-state index contributed by atoms with van der Waals surface area (Å²) in [5.41, 5.74) is 7.23. The molecule has 5 nitrogen and oxygen atoms in total. The fourth-order valence-electron chi connectivity index (χ4n) is 4.97. The van der Waals surface area contributed by atoms with Gasteiger partial charge in [-0.3, -0.25) is 4.98 Å². The highest BCUT2D eigenvalue weighted by atomic mass is 32.1. The molecule has 0 radical (unpaired) electrons. The van der Waals surface area contributed by atoms with E-state index in [1.807, 2.05) is 18.3 Å². The van der Waals surface area contributed by atoms with Crippen molar-refractivity contribution in [3.8, 4) is 5.69 Å². The summed E-state index contributed by atoms with van der Waals surface area (Å²) in [4.78, 5) is 9.29. The van der Waals surface area contributed by atoms with Crippen molar-refractivity contribution in [2.45, 2.75) is 46.7 Å². The van der Waals surface area contributed by atoms with Crippen LogP contribution in [0.5, 0.6) is 0 Å². The van der Waals surface area contributed by atoms with E-state index in [1.165, 1.54) is 28.3 Å². The van der Waals surface area contributed by atoms with Gasteiger partial charge in [0.1, 0.15) is 0 Å². The van der Waals surface area contributed by atoms with E-state index in [2.05, 4.69) is 95.7 Å². The molecule has 32 heavy (non-hydrogen) atoms. The molecule has 0 bridgehead atoms. The molecule has 0 unspecified atom stereocenters. The van der Waals surface area contributed by atoms with Gasteiger partial charge in [-0.2, -0.15) is 0 Å². The van der Waals surface area contributed by atoms with Crippen LogP contribution in [0.25, 0.3) is 5.69 Å². The van der Waals surface area contributed by atoms with E-state index in [9.17, 15) is 0 Å². The molecule has 2 atom stereocenters. The molecule has 1 aromatic carbocycles. The monoisotopic (exact) mass is 447 g/mol. The number of anilines is 1. The van der Waals surface area contributed by atoms with Crippen LogP contribution in [0.3, 0.4) is 0 Å². The molecule has 3 heterocycles. The number of thiocarbonyl (C=S) groups is 1. The maximum Gasteiger partial charge on any atom is 0.170 e. The van der Waals surface area contributed by atoms with Crippen LogP contribution in [0.2, 0.25) is 0 Å². The SMILES string of the molecule is CCN(CC)c1ccc(-n2c(C)cc([C@H]3[C@H](c4ccccn4)NC(=S)N3CC)c2C)cc1. The van der Waals surface area contributed by atoms with Gasteiger partial charge in [-0.1, -0.05) is 6.07 Å². The highest BCUT2D eigenvalue weighted by Crippen LogP contribution is 2.41. The number of nitrogens with one attached hydrogen (secondary N) is 1. The first-order valence-electron chi connectivity index (χ1n) is 11.5. The van der Waals surface area contributed by atoms with Crippen molar-refractivity contribution in [1.29, 1.82) is 0 Å². The zero-order chi connectivity index (χ0) is 22.8. The van der Waals surface area contributed by atoms with Crippen molar-refractivity contribution in [3.05, 3.63) is 77.4 Å². The first kappa shape index (κ1) is 22.3. The summed E-state index contributed by atoms with van der Waals surface area (Å²) in [5, 5.41) is 4.32. The third kappa shape index (κ3) is 3.88. The maximum atomic E-state index is 5.71. The highest BCUT2D eigenvalue weighted by molar-refractivity contribution is 7.80. The van der Waals surface area contributed by atoms with E-state index in [4.69, 9.17) is 12.2 Å². The smallest absolute Gasteiger partial charge is 0.170 e. The molecule has 4 rings (SSSR count). The van der Waals surface area contributed by atoms with Crippen molar-refractivity contribution in [2.24, 2.45) is 0 Å². The molecule has 168 valence electrons. The standard InChI is InChI=1S/C26H33N5S/c1-6-29(7-2)20-12-14-21(15-13-20)31-18(4)17-22(19(31)5)25-24(23-11-9-10-16-27-23)28-26(32)30(25)8-3/h9-17,24-25H,6-8H2,1-5H3,(H,28,32)/t24-,25-/m0/s1. The summed E-state index contributed by atoms with van der Waals surface area (Å²) in [6.07, 6.45) is 1.85. The summed E-state index contributed by atoms with van der Waals surface area (Å²) < 4.78 is 2.35. The third-order valence-electron chi connectivity index (χ3n) is 6.56. The van der Waals surface area contributed by atoms with Crippen LogP contribution in [0, 0.1) is 13.8 Å². The number of rotatable bonds is 7. The number of likely N-dealkylation sites (N-methyl/N-ethyl adjacent to an activating group) is 1. The lowest BCUT2D eigenvalue weighted by Gasteiger charge is -2.27. The Balaban J connectivity index is 1.75. The number of benzene rings is 1. The maximum absolute atomic E-state index is 5.71. The van der Waals surface area contributed by atoms with Gasteiger partial charge in [0.05, 0.1) is 17.8 Å². The molecule has 6 heteroatoms. The summed E-state index contributed by atoms with van der Waals surface area (Å²) in [7, 11) is 0. The zero-order valence-corrected chi connectivity index (χ0v) is 20.5. The molecule has 1 saturated heterocycles. The van der Waals surface area contributed by atoms with Gasteiger partial charge in [0.15, 0.2) is 5.11 Å².